The Morgan fingerprint density at radius 2 is 1.92 bits per heavy atom. The Morgan fingerprint density at radius 1 is 1.19 bits per heavy atom. The first kappa shape index (κ1) is 20.5. The summed E-state index contributed by atoms with van der Waals surface area (Å²) >= 11 is 9.21. The van der Waals surface area contributed by atoms with Gasteiger partial charge in [-0.25, -0.2) is 0 Å². The summed E-state index contributed by atoms with van der Waals surface area (Å²) in [5.74, 6) is -0.568. The van der Waals surface area contributed by atoms with Crippen molar-refractivity contribution in [1.29, 1.82) is 0 Å². The predicted octanol–water partition coefficient (Wildman–Crippen LogP) is 5.40. The van der Waals surface area contributed by atoms with Crippen LogP contribution >= 0.6 is 27.5 Å². The largest absolute Gasteiger partial charge is 0.489 e. The minimum absolute atomic E-state index is 0.0921. The van der Waals surface area contributed by atoms with E-state index in [2.05, 4.69) is 21.2 Å². The molecule has 0 saturated carbocycles. The van der Waals surface area contributed by atoms with Gasteiger partial charge >= 0.3 is 6.18 Å². The van der Waals surface area contributed by atoms with Gasteiger partial charge in [0.25, 0.3) is 5.91 Å². The third-order valence-corrected chi connectivity index (χ3v) is 4.10. The van der Waals surface area contributed by atoms with E-state index in [1.54, 1.807) is 6.07 Å². The van der Waals surface area contributed by atoms with Crippen molar-refractivity contribution in [2.24, 2.45) is 0 Å². The molecule has 9 heteroatoms. The van der Waals surface area contributed by atoms with E-state index in [4.69, 9.17) is 21.1 Å². The molecule has 0 heterocycles. The number of nitrogens with one attached hydrogen (secondary N) is 1. The van der Waals surface area contributed by atoms with Gasteiger partial charge in [-0.1, -0.05) is 27.5 Å². The zero-order chi connectivity index (χ0) is 19.3. The number of benzene rings is 2. The molecular weight excluding hydrogens is 439 g/mol. The topological polar surface area (TPSA) is 47.6 Å². The second-order valence-corrected chi connectivity index (χ2v) is 6.45. The van der Waals surface area contributed by atoms with Crippen molar-refractivity contribution in [1.82, 2.24) is 0 Å². The molecule has 0 saturated heterocycles. The fourth-order valence-electron chi connectivity index (χ4n) is 2.03. The first-order valence-electron chi connectivity index (χ1n) is 7.31. The van der Waals surface area contributed by atoms with Gasteiger partial charge in [0.2, 0.25) is 0 Å². The van der Waals surface area contributed by atoms with Gasteiger partial charge in [0.1, 0.15) is 12.4 Å². The van der Waals surface area contributed by atoms with Crippen LogP contribution in [-0.4, -0.2) is 26.2 Å². The molecule has 0 aliphatic carbocycles. The number of amides is 1. The molecule has 0 aliphatic rings. The van der Waals surface area contributed by atoms with E-state index in [-0.39, 0.29) is 35.2 Å². The van der Waals surface area contributed by atoms with Crippen molar-refractivity contribution in [3.8, 4) is 5.75 Å². The molecule has 0 bridgehead atoms. The second-order valence-electron chi connectivity index (χ2n) is 5.13. The quantitative estimate of drug-likeness (QED) is 0.597. The summed E-state index contributed by atoms with van der Waals surface area (Å²) in [6.45, 7) is 0.355. The Morgan fingerprint density at radius 3 is 2.58 bits per heavy atom. The number of carbonyl (C=O) groups excluding carboxylic acids is 1. The van der Waals surface area contributed by atoms with Crippen LogP contribution in [0.4, 0.5) is 18.9 Å². The highest BCUT2D eigenvalue weighted by Crippen LogP contribution is 2.35. The summed E-state index contributed by atoms with van der Waals surface area (Å²) in [5.41, 5.74) is -0.912. The van der Waals surface area contributed by atoms with E-state index < -0.39 is 17.6 Å². The number of rotatable bonds is 6. The number of anilines is 1. The predicted molar refractivity (Wildman–Crippen MR) is 95.9 cm³/mol. The van der Waals surface area contributed by atoms with Gasteiger partial charge in [-0.15, -0.1) is 0 Å². The molecule has 140 valence electrons. The van der Waals surface area contributed by atoms with Crippen molar-refractivity contribution in [2.75, 3.05) is 25.6 Å². The van der Waals surface area contributed by atoms with Crippen molar-refractivity contribution >= 4 is 39.1 Å². The van der Waals surface area contributed by atoms with Gasteiger partial charge in [0.15, 0.2) is 0 Å². The summed E-state index contributed by atoms with van der Waals surface area (Å²) in [7, 11) is 1.47. The van der Waals surface area contributed by atoms with E-state index in [1.807, 2.05) is 0 Å². The fraction of sp³-hybridized carbons (Fsp3) is 0.235. The molecule has 4 nitrogen and oxygen atoms in total. The molecule has 2 aromatic carbocycles. The highest BCUT2D eigenvalue weighted by Gasteiger charge is 2.31. The molecule has 2 rings (SSSR count). The molecule has 0 aliphatic heterocycles. The Kier molecular flexibility index (Phi) is 6.91. The van der Waals surface area contributed by atoms with E-state index in [9.17, 15) is 18.0 Å². The van der Waals surface area contributed by atoms with Gasteiger partial charge in [-0.2, -0.15) is 13.2 Å². The molecule has 1 N–H and O–H groups in total. The van der Waals surface area contributed by atoms with Gasteiger partial charge in [-0.3, -0.25) is 4.79 Å². The zero-order valence-electron chi connectivity index (χ0n) is 13.5. The monoisotopic (exact) mass is 451 g/mol. The van der Waals surface area contributed by atoms with Crippen LogP contribution in [0.2, 0.25) is 5.02 Å². The van der Waals surface area contributed by atoms with Crippen LogP contribution < -0.4 is 10.1 Å². The van der Waals surface area contributed by atoms with Crippen molar-refractivity contribution in [3.05, 3.63) is 57.0 Å². The third-order valence-electron chi connectivity index (χ3n) is 3.27. The molecule has 0 aromatic heterocycles. The average molecular weight is 453 g/mol. The lowest BCUT2D eigenvalue weighted by molar-refractivity contribution is -0.137. The molecule has 0 unspecified atom stereocenters. The number of ether oxygens (including phenoxy) is 2. The van der Waals surface area contributed by atoms with Crippen LogP contribution in [0.5, 0.6) is 5.75 Å². The summed E-state index contributed by atoms with van der Waals surface area (Å²) in [6.07, 6.45) is -4.56. The molecule has 0 radical (unpaired) electrons. The van der Waals surface area contributed by atoms with Crippen molar-refractivity contribution in [3.63, 3.8) is 0 Å². The van der Waals surface area contributed by atoms with Gasteiger partial charge < -0.3 is 14.8 Å². The molecule has 0 spiro atoms. The molecule has 0 fully saturated rings. The molecule has 26 heavy (non-hydrogen) atoms. The third kappa shape index (κ3) is 5.36. The smallest absolute Gasteiger partial charge is 0.416 e. The van der Waals surface area contributed by atoms with Gasteiger partial charge in [0.05, 0.1) is 28.4 Å². The summed E-state index contributed by atoms with van der Waals surface area (Å²) in [4.78, 5) is 12.5. The summed E-state index contributed by atoms with van der Waals surface area (Å²) in [6, 6.07) is 7.45. The molecule has 2 aromatic rings. The lowest BCUT2D eigenvalue weighted by Crippen LogP contribution is -2.15. The average Bonchev–Trinajstić information content (AvgIpc) is 2.57. The van der Waals surface area contributed by atoms with Crippen LogP contribution in [0.15, 0.2) is 40.9 Å². The number of halogens is 5. The Bertz CT molecular complexity index is 799. The minimum atomic E-state index is -4.56. The molecule has 1 amide bonds. The Hall–Kier alpha value is -1.77. The van der Waals surface area contributed by atoms with E-state index in [0.717, 1.165) is 18.2 Å². The lowest BCUT2D eigenvalue weighted by Gasteiger charge is -2.15. The first-order valence-corrected chi connectivity index (χ1v) is 8.49. The highest BCUT2D eigenvalue weighted by atomic mass is 79.9. The first-order chi connectivity index (χ1) is 12.2. The standard InChI is InChI=1S/C17H14BrClF3NO3/c1-25-6-7-26-15-5-2-10(17(20,21)22)8-14(15)23-16(24)12-9-11(18)3-4-13(12)19/h2-5,8-9H,6-7H2,1H3,(H,23,24). The van der Waals surface area contributed by atoms with Crippen LogP contribution in [0.3, 0.4) is 0 Å². The number of hydrogen-bond donors (Lipinski definition) is 1. The SMILES string of the molecule is COCCOc1ccc(C(F)(F)F)cc1NC(=O)c1cc(Br)ccc1Cl. The van der Waals surface area contributed by atoms with Gasteiger partial charge in [0, 0.05) is 11.6 Å². The maximum Gasteiger partial charge on any atom is 0.416 e. The maximum absolute atomic E-state index is 13.0. The minimum Gasteiger partial charge on any atom is -0.489 e. The highest BCUT2D eigenvalue weighted by molar-refractivity contribution is 9.10. The lowest BCUT2D eigenvalue weighted by atomic mass is 10.1. The van der Waals surface area contributed by atoms with Crippen molar-refractivity contribution < 1.29 is 27.4 Å². The Labute approximate surface area is 161 Å². The zero-order valence-corrected chi connectivity index (χ0v) is 15.8. The number of carbonyl (C=O) groups is 1. The van der Waals surface area contributed by atoms with Gasteiger partial charge in [-0.05, 0) is 36.4 Å². The van der Waals surface area contributed by atoms with Crippen LogP contribution in [0.1, 0.15) is 15.9 Å². The van der Waals surface area contributed by atoms with Crippen molar-refractivity contribution in [2.45, 2.75) is 6.18 Å². The van der Waals surface area contributed by atoms with E-state index in [0.29, 0.717) is 4.47 Å². The second kappa shape index (κ2) is 8.75. The summed E-state index contributed by atoms with van der Waals surface area (Å²) < 4.78 is 49.8. The maximum atomic E-state index is 13.0. The molecular formula is C17H14BrClF3NO3. The number of methoxy groups -OCH3 is 1. The van der Waals surface area contributed by atoms with Crippen LogP contribution in [0.25, 0.3) is 0 Å². The number of alkyl halides is 3. The summed E-state index contributed by atoms with van der Waals surface area (Å²) in [5, 5.41) is 2.59. The van der Waals surface area contributed by atoms with Crippen LogP contribution in [-0.2, 0) is 10.9 Å². The van der Waals surface area contributed by atoms with Crippen LogP contribution in [0, 0.1) is 0 Å². The van der Waals surface area contributed by atoms with E-state index >= 15 is 0 Å². The Balaban J connectivity index is 2.34. The fourth-order valence-corrected chi connectivity index (χ4v) is 2.59. The normalized spacial score (nSPS) is 11.3. The van der Waals surface area contributed by atoms with E-state index in [1.165, 1.54) is 19.2 Å². The molecule has 0 atom stereocenters. The number of hydrogen-bond acceptors (Lipinski definition) is 3.